The van der Waals surface area contributed by atoms with Gasteiger partial charge in [-0.25, -0.2) is 0 Å². The molecule has 1 spiro atoms. The van der Waals surface area contributed by atoms with Crippen molar-refractivity contribution in [3.05, 3.63) is 12.7 Å². The Morgan fingerprint density at radius 2 is 2.09 bits per heavy atom. The molecule has 4 fully saturated rings. The number of fused-ring (bicyclic) bond motifs is 1. The van der Waals surface area contributed by atoms with Crippen molar-refractivity contribution >= 4 is 33.7 Å². The fourth-order valence-electron chi connectivity index (χ4n) is 5.90. The Balaban J connectivity index is 1.66. The van der Waals surface area contributed by atoms with Crippen molar-refractivity contribution in [3.63, 3.8) is 0 Å². The number of halogens is 1. The lowest BCUT2D eigenvalue weighted by Crippen LogP contribution is -2.59. The van der Waals surface area contributed by atoms with Crippen LogP contribution >= 0.6 is 15.9 Å². The Morgan fingerprint density at radius 3 is 2.70 bits per heavy atom. The van der Waals surface area contributed by atoms with E-state index in [1.54, 1.807) is 17.9 Å². The van der Waals surface area contributed by atoms with Crippen LogP contribution in [0.4, 0.5) is 0 Å². The van der Waals surface area contributed by atoms with E-state index >= 15 is 0 Å². The first-order valence-electron chi connectivity index (χ1n) is 11.4. The number of amides is 2. The van der Waals surface area contributed by atoms with E-state index in [9.17, 15) is 24.6 Å². The maximum atomic E-state index is 14.0. The van der Waals surface area contributed by atoms with Crippen molar-refractivity contribution in [2.45, 2.75) is 42.0 Å². The Morgan fingerprint density at radius 1 is 1.39 bits per heavy atom. The summed E-state index contributed by atoms with van der Waals surface area (Å²) in [5, 5.41) is 19.8. The van der Waals surface area contributed by atoms with E-state index in [-0.39, 0.29) is 17.3 Å². The number of alkyl halides is 1. The molecule has 0 aromatic carbocycles. The summed E-state index contributed by atoms with van der Waals surface area (Å²) in [6, 6.07) is -1.65. The first-order valence-corrected chi connectivity index (χ1v) is 12.4. The van der Waals surface area contributed by atoms with E-state index in [4.69, 9.17) is 9.47 Å². The van der Waals surface area contributed by atoms with Gasteiger partial charge < -0.3 is 29.5 Å². The van der Waals surface area contributed by atoms with Gasteiger partial charge >= 0.3 is 5.97 Å². The molecule has 0 radical (unpaired) electrons. The standard InChI is InChI=1S/C22H32BrN3O7/c1-3-4-25(6-5-24-7-9-32-10-8-24)20(29)18-22-11-14(23)17(33-22)15(21(30)31)16(22)19(28)26(18)13(2)12-27/h3,13-18,27H,1,4-12H2,2H3,(H,30,31)/t13-,14?,15+,16+,17+,18?,22?/m1/s1. The Kier molecular flexibility index (Phi) is 7.16. The van der Waals surface area contributed by atoms with Gasteiger partial charge in [-0.3, -0.25) is 19.3 Å². The maximum absolute atomic E-state index is 14.0. The van der Waals surface area contributed by atoms with Crippen molar-refractivity contribution in [1.29, 1.82) is 0 Å². The largest absolute Gasteiger partial charge is 0.481 e. The molecule has 0 aliphatic carbocycles. The zero-order chi connectivity index (χ0) is 23.9. The van der Waals surface area contributed by atoms with Crippen molar-refractivity contribution < 1.29 is 34.1 Å². The third-order valence-corrected chi connectivity index (χ3v) is 8.28. The second-order valence-corrected chi connectivity index (χ2v) is 10.5. The summed E-state index contributed by atoms with van der Waals surface area (Å²) in [6.45, 7) is 9.35. The van der Waals surface area contributed by atoms with Crippen LogP contribution in [0.15, 0.2) is 12.7 Å². The third kappa shape index (κ3) is 4.01. The molecule has 2 bridgehead atoms. The van der Waals surface area contributed by atoms with Crippen LogP contribution in [0.2, 0.25) is 0 Å². The highest BCUT2D eigenvalue weighted by molar-refractivity contribution is 9.09. The molecule has 0 aromatic heterocycles. The van der Waals surface area contributed by atoms with Gasteiger partial charge in [0.25, 0.3) is 0 Å². The molecule has 0 aromatic rings. The highest BCUT2D eigenvalue weighted by Gasteiger charge is 2.77. The average molecular weight is 530 g/mol. The fraction of sp³-hybridized carbons (Fsp3) is 0.773. The van der Waals surface area contributed by atoms with Crippen molar-refractivity contribution in [1.82, 2.24) is 14.7 Å². The highest BCUT2D eigenvalue weighted by atomic mass is 79.9. The van der Waals surface area contributed by atoms with Crippen molar-refractivity contribution in [2.24, 2.45) is 11.8 Å². The van der Waals surface area contributed by atoms with Gasteiger partial charge in [-0.05, 0) is 13.3 Å². The van der Waals surface area contributed by atoms with Crippen LogP contribution in [-0.2, 0) is 23.9 Å². The summed E-state index contributed by atoms with van der Waals surface area (Å²) >= 11 is 3.53. The number of hydrogen-bond donors (Lipinski definition) is 2. The lowest BCUT2D eigenvalue weighted by atomic mass is 9.70. The van der Waals surface area contributed by atoms with Gasteiger partial charge in [-0.2, -0.15) is 0 Å². The Hall–Kier alpha value is -1.53. The number of aliphatic hydroxyl groups excluding tert-OH is 1. The number of aliphatic carboxylic acids is 1. The minimum atomic E-state index is -1.24. The van der Waals surface area contributed by atoms with E-state index in [1.807, 2.05) is 0 Å². The highest BCUT2D eigenvalue weighted by Crippen LogP contribution is 2.60. The van der Waals surface area contributed by atoms with E-state index in [2.05, 4.69) is 27.4 Å². The number of carbonyl (C=O) groups is 3. The number of hydrogen-bond acceptors (Lipinski definition) is 7. The SMILES string of the molecule is C=CCN(CCN1CCOCC1)C(=O)C1N([C@H](C)CO)C(=O)[C@@H]2[C@H](C(=O)O)[C@H]3OC12CC3Br. The van der Waals surface area contributed by atoms with Gasteiger partial charge in [0.1, 0.15) is 11.6 Å². The first-order chi connectivity index (χ1) is 15.8. The molecular formula is C22H32BrN3O7. The van der Waals surface area contributed by atoms with Crippen molar-refractivity contribution in [3.8, 4) is 0 Å². The van der Waals surface area contributed by atoms with Crippen LogP contribution in [0.25, 0.3) is 0 Å². The van der Waals surface area contributed by atoms with Gasteiger partial charge in [-0.15, -0.1) is 6.58 Å². The summed E-state index contributed by atoms with van der Waals surface area (Å²) in [6.07, 6.45) is 1.32. The number of nitrogens with zero attached hydrogens (tertiary/aromatic N) is 3. The molecule has 7 atom stereocenters. The normalized spacial score (nSPS) is 36.6. The van der Waals surface area contributed by atoms with E-state index in [0.29, 0.717) is 39.3 Å². The lowest BCUT2D eigenvalue weighted by molar-refractivity contribution is -0.153. The molecule has 4 aliphatic rings. The molecule has 0 saturated carbocycles. The number of rotatable bonds is 9. The molecule has 2 N–H and O–H groups in total. The first kappa shape index (κ1) is 24.6. The van der Waals surface area contributed by atoms with Crippen LogP contribution < -0.4 is 0 Å². The number of aliphatic hydroxyl groups is 1. The van der Waals surface area contributed by atoms with Gasteiger partial charge in [0, 0.05) is 37.6 Å². The molecule has 3 unspecified atom stereocenters. The van der Waals surface area contributed by atoms with Gasteiger partial charge in [0.05, 0.1) is 43.8 Å². The molecule has 4 saturated heterocycles. The molecule has 33 heavy (non-hydrogen) atoms. The molecule has 184 valence electrons. The van der Waals surface area contributed by atoms with Crippen molar-refractivity contribution in [2.75, 3.05) is 52.5 Å². The lowest BCUT2D eigenvalue weighted by Gasteiger charge is -2.39. The van der Waals surface area contributed by atoms with Crippen LogP contribution in [0.1, 0.15) is 13.3 Å². The summed E-state index contributed by atoms with van der Waals surface area (Å²) in [5.41, 5.74) is -1.24. The number of ether oxygens (including phenoxy) is 2. The van der Waals surface area contributed by atoms with Gasteiger partial charge in [-0.1, -0.05) is 22.0 Å². The summed E-state index contributed by atoms with van der Waals surface area (Å²) in [5.74, 6) is -3.84. The number of carboxylic acids is 1. The maximum Gasteiger partial charge on any atom is 0.310 e. The third-order valence-electron chi connectivity index (χ3n) is 7.44. The molecule has 2 amide bonds. The topological polar surface area (TPSA) is 120 Å². The van der Waals surface area contributed by atoms with E-state index < -0.39 is 47.5 Å². The second-order valence-electron chi connectivity index (χ2n) is 9.31. The molecule has 4 heterocycles. The van der Waals surface area contributed by atoms with Crippen LogP contribution in [0.3, 0.4) is 0 Å². The second kappa shape index (κ2) is 9.61. The van der Waals surface area contributed by atoms with E-state index in [0.717, 1.165) is 13.1 Å². The minimum Gasteiger partial charge on any atom is -0.481 e. The number of likely N-dealkylation sites (tertiary alicyclic amines) is 1. The molecular weight excluding hydrogens is 498 g/mol. The molecule has 11 heteroatoms. The monoisotopic (exact) mass is 529 g/mol. The van der Waals surface area contributed by atoms with Crippen LogP contribution in [0, 0.1) is 11.8 Å². The molecule has 4 aliphatic heterocycles. The predicted octanol–water partition coefficient (Wildman–Crippen LogP) is -0.453. The predicted molar refractivity (Wildman–Crippen MR) is 121 cm³/mol. The summed E-state index contributed by atoms with van der Waals surface area (Å²) < 4.78 is 11.6. The van der Waals surface area contributed by atoms with Crippen LogP contribution in [0.5, 0.6) is 0 Å². The Bertz CT molecular complexity index is 807. The smallest absolute Gasteiger partial charge is 0.310 e. The van der Waals surface area contributed by atoms with Gasteiger partial charge in [0.15, 0.2) is 0 Å². The van der Waals surface area contributed by atoms with Gasteiger partial charge in [0.2, 0.25) is 11.8 Å². The number of carboxylic acid groups (broad SMARTS) is 1. The number of morpholine rings is 1. The van der Waals surface area contributed by atoms with E-state index in [1.165, 1.54) is 4.90 Å². The average Bonchev–Trinajstić information content (AvgIpc) is 3.39. The quantitative estimate of drug-likeness (QED) is 0.304. The summed E-state index contributed by atoms with van der Waals surface area (Å²) in [7, 11) is 0. The fourth-order valence-corrected chi connectivity index (χ4v) is 6.84. The number of carbonyl (C=O) groups excluding carboxylic acids is 2. The Labute approximate surface area is 201 Å². The zero-order valence-corrected chi connectivity index (χ0v) is 20.4. The minimum absolute atomic E-state index is 0.275. The summed E-state index contributed by atoms with van der Waals surface area (Å²) in [4.78, 5) is 44.6. The van der Waals surface area contributed by atoms with Crippen LogP contribution in [-0.4, -0.2) is 124 Å². The molecule has 10 nitrogen and oxygen atoms in total. The zero-order valence-electron chi connectivity index (χ0n) is 18.8. The molecule has 4 rings (SSSR count).